The van der Waals surface area contributed by atoms with Crippen LogP contribution in [-0.4, -0.2) is 6.54 Å². The van der Waals surface area contributed by atoms with Gasteiger partial charge in [-0.2, -0.15) is 0 Å². The van der Waals surface area contributed by atoms with Crippen molar-refractivity contribution in [2.45, 2.75) is 6.92 Å². The number of hydrogen-bond donors (Lipinski definition) is 1. The highest BCUT2D eigenvalue weighted by molar-refractivity contribution is 5.82. The third kappa shape index (κ3) is 2.52. The molecule has 4 heteroatoms. The molecule has 0 aliphatic carbocycles. The molecular formula is C17H14FNO2. The molecule has 0 aliphatic heterocycles. The summed E-state index contributed by atoms with van der Waals surface area (Å²) in [6.45, 7) is 2.49. The second-order valence-electron chi connectivity index (χ2n) is 4.71. The zero-order valence-electron chi connectivity index (χ0n) is 11.5. The lowest BCUT2D eigenvalue weighted by Crippen LogP contribution is -2.04. The molecule has 0 amide bonds. The van der Waals surface area contributed by atoms with Gasteiger partial charge in [0.15, 0.2) is 0 Å². The maximum absolute atomic E-state index is 13.7. The van der Waals surface area contributed by atoms with E-state index in [-0.39, 0.29) is 5.82 Å². The maximum Gasteiger partial charge on any atom is 0.344 e. The van der Waals surface area contributed by atoms with E-state index in [2.05, 4.69) is 5.32 Å². The smallest absolute Gasteiger partial charge is 0.344 e. The van der Waals surface area contributed by atoms with Gasteiger partial charge >= 0.3 is 5.63 Å². The highest BCUT2D eigenvalue weighted by Gasteiger charge is 2.10. The molecule has 3 nitrogen and oxygen atoms in total. The molecular weight excluding hydrogens is 269 g/mol. The minimum absolute atomic E-state index is 0.342. The Hall–Kier alpha value is -2.62. The lowest BCUT2D eigenvalue weighted by Gasteiger charge is -2.08. The van der Waals surface area contributed by atoms with Gasteiger partial charge in [0.05, 0.1) is 11.3 Å². The van der Waals surface area contributed by atoms with Crippen molar-refractivity contribution in [2.24, 2.45) is 0 Å². The van der Waals surface area contributed by atoms with E-state index in [0.29, 0.717) is 28.9 Å². The summed E-state index contributed by atoms with van der Waals surface area (Å²) in [6.07, 6.45) is 0. The molecule has 0 bridgehead atoms. The minimum atomic E-state index is -0.428. The fourth-order valence-electron chi connectivity index (χ4n) is 2.28. The van der Waals surface area contributed by atoms with Crippen molar-refractivity contribution in [3.8, 4) is 11.1 Å². The number of benzene rings is 2. The summed E-state index contributed by atoms with van der Waals surface area (Å²) >= 11 is 0. The molecule has 0 spiro atoms. The largest absolute Gasteiger partial charge is 0.422 e. The van der Waals surface area contributed by atoms with Gasteiger partial charge in [-0.3, -0.25) is 0 Å². The number of para-hydroxylation sites is 1. The number of rotatable bonds is 3. The zero-order chi connectivity index (χ0) is 14.8. The molecule has 3 aromatic rings. The van der Waals surface area contributed by atoms with Crippen molar-refractivity contribution in [2.75, 3.05) is 11.9 Å². The van der Waals surface area contributed by atoms with E-state index in [4.69, 9.17) is 4.42 Å². The van der Waals surface area contributed by atoms with Gasteiger partial charge < -0.3 is 9.73 Å². The number of fused-ring (bicyclic) bond motifs is 1. The van der Waals surface area contributed by atoms with Crippen molar-refractivity contribution in [3.63, 3.8) is 0 Å². The average Bonchev–Trinajstić information content (AvgIpc) is 2.49. The monoisotopic (exact) mass is 283 g/mol. The van der Waals surface area contributed by atoms with Gasteiger partial charge in [0.1, 0.15) is 11.4 Å². The first kappa shape index (κ1) is 13.4. The average molecular weight is 283 g/mol. The Labute approximate surface area is 121 Å². The molecule has 0 aliphatic rings. The SMILES string of the molecule is CCNc1cc(-c2cc3ccccc3oc2=O)ccc1F. The van der Waals surface area contributed by atoms with E-state index in [1.807, 2.05) is 25.1 Å². The summed E-state index contributed by atoms with van der Waals surface area (Å²) in [6, 6.07) is 13.6. The summed E-state index contributed by atoms with van der Waals surface area (Å²) < 4.78 is 19.0. The van der Waals surface area contributed by atoms with E-state index in [1.54, 1.807) is 24.3 Å². The third-order valence-corrected chi connectivity index (χ3v) is 3.29. The molecule has 1 heterocycles. The second-order valence-corrected chi connectivity index (χ2v) is 4.71. The maximum atomic E-state index is 13.7. The molecule has 2 aromatic carbocycles. The topological polar surface area (TPSA) is 42.2 Å². The molecule has 21 heavy (non-hydrogen) atoms. The van der Waals surface area contributed by atoms with Crippen LogP contribution in [-0.2, 0) is 0 Å². The van der Waals surface area contributed by atoms with Crippen molar-refractivity contribution >= 4 is 16.7 Å². The van der Waals surface area contributed by atoms with Crippen LogP contribution >= 0.6 is 0 Å². The molecule has 0 unspecified atom stereocenters. The van der Waals surface area contributed by atoms with E-state index in [1.165, 1.54) is 6.07 Å². The Morgan fingerprint density at radius 3 is 2.76 bits per heavy atom. The lowest BCUT2D eigenvalue weighted by molar-refractivity contribution is 0.563. The molecule has 0 saturated carbocycles. The molecule has 0 radical (unpaired) electrons. The van der Waals surface area contributed by atoms with Crippen molar-refractivity contribution in [1.29, 1.82) is 0 Å². The molecule has 0 atom stereocenters. The van der Waals surface area contributed by atoms with Crippen LogP contribution in [0.1, 0.15) is 6.92 Å². The van der Waals surface area contributed by atoms with Crippen LogP contribution in [0.4, 0.5) is 10.1 Å². The Balaban J connectivity index is 2.18. The molecule has 106 valence electrons. The normalized spacial score (nSPS) is 10.8. The second kappa shape index (κ2) is 5.40. The van der Waals surface area contributed by atoms with Gasteiger partial charge in [0.2, 0.25) is 0 Å². The first-order chi connectivity index (χ1) is 10.2. The highest BCUT2D eigenvalue weighted by Crippen LogP contribution is 2.25. The summed E-state index contributed by atoms with van der Waals surface area (Å²) in [4.78, 5) is 12.1. The van der Waals surface area contributed by atoms with Gasteiger partial charge in [-0.25, -0.2) is 9.18 Å². The number of hydrogen-bond acceptors (Lipinski definition) is 3. The van der Waals surface area contributed by atoms with Gasteiger partial charge in [-0.15, -0.1) is 0 Å². The standard InChI is InChI=1S/C17H14FNO2/c1-2-19-15-10-11(7-8-14(15)18)13-9-12-5-3-4-6-16(12)21-17(13)20/h3-10,19H,2H2,1H3. The summed E-state index contributed by atoms with van der Waals surface area (Å²) in [7, 11) is 0. The third-order valence-electron chi connectivity index (χ3n) is 3.29. The van der Waals surface area contributed by atoms with E-state index in [9.17, 15) is 9.18 Å². The van der Waals surface area contributed by atoms with Crippen LogP contribution in [0.5, 0.6) is 0 Å². The Kier molecular flexibility index (Phi) is 3.44. The van der Waals surface area contributed by atoms with E-state index >= 15 is 0 Å². The fourth-order valence-corrected chi connectivity index (χ4v) is 2.28. The van der Waals surface area contributed by atoms with E-state index < -0.39 is 5.63 Å². The fraction of sp³-hybridized carbons (Fsp3) is 0.118. The predicted molar refractivity (Wildman–Crippen MR) is 82.0 cm³/mol. The molecule has 1 N–H and O–H groups in total. The van der Waals surface area contributed by atoms with Crippen LogP contribution in [0.3, 0.4) is 0 Å². The molecule has 0 fully saturated rings. The van der Waals surface area contributed by atoms with Gasteiger partial charge in [-0.05, 0) is 36.8 Å². The summed E-state index contributed by atoms with van der Waals surface area (Å²) in [5.41, 5.74) is 1.55. The van der Waals surface area contributed by atoms with Crippen molar-refractivity contribution in [1.82, 2.24) is 0 Å². The van der Waals surface area contributed by atoms with Crippen molar-refractivity contribution < 1.29 is 8.81 Å². The Bertz CT molecular complexity index is 855. The van der Waals surface area contributed by atoms with Gasteiger partial charge in [0, 0.05) is 11.9 Å². The Morgan fingerprint density at radius 1 is 1.14 bits per heavy atom. The van der Waals surface area contributed by atoms with Crippen LogP contribution in [0.2, 0.25) is 0 Å². The minimum Gasteiger partial charge on any atom is -0.422 e. The number of nitrogens with one attached hydrogen (secondary N) is 1. The van der Waals surface area contributed by atoms with Crippen LogP contribution in [0.25, 0.3) is 22.1 Å². The van der Waals surface area contributed by atoms with Crippen LogP contribution in [0.15, 0.2) is 57.7 Å². The van der Waals surface area contributed by atoms with Crippen LogP contribution in [0, 0.1) is 5.82 Å². The zero-order valence-corrected chi connectivity index (χ0v) is 11.5. The molecule has 3 rings (SSSR count). The van der Waals surface area contributed by atoms with Crippen LogP contribution < -0.4 is 10.9 Å². The first-order valence-electron chi connectivity index (χ1n) is 6.75. The molecule has 1 aromatic heterocycles. The van der Waals surface area contributed by atoms with Gasteiger partial charge in [0.25, 0.3) is 0 Å². The molecule has 0 saturated heterocycles. The summed E-state index contributed by atoms with van der Waals surface area (Å²) in [5.74, 6) is -0.342. The first-order valence-corrected chi connectivity index (χ1v) is 6.75. The lowest BCUT2D eigenvalue weighted by atomic mass is 10.1. The number of anilines is 1. The highest BCUT2D eigenvalue weighted by atomic mass is 19.1. The Morgan fingerprint density at radius 2 is 1.95 bits per heavy atom. The predicted octanol–water partition coefficient (Wildman–Crippen LogP) is 4.03. The van der Waals surface area contributed by atoms with Gasteiger partial charge in [-0.1, -0.05) is 24.3 Å². The van der Waals surface area contributed by atoms with E-state index in [0.717, 1.165) is 5.39 Å². The summed E-state index contributed by atoms with van der Waals surface area (Å²) in [5, 5.41) is 3.77. The quantitative estimate of drug-likeness (QED) is 0.738. The number of halogens is 1. The van der Waals surface area contributed by atoms with Crippen molar-refractivity contribution in [3.05, 3.63) is 64.8 Å².